The van der Waals surface area contributed by atoms with E-state index in [-0.39, 0.29) is 36.4 Å². The van der Waals surface area contributed by atoms with Gasteiger partial charge in [-0.05, 0) is 28.2 Å². The number of carbonyl (C=O) groups is 3. The minimum Gasteiger partial charge on any atom is -0.476 e. The third-order valence-electron chi connectivity index (χ3n) is 6.33. The number of amides is 2. The number of nitrogens with zero attached hydrogens (tertiary/aromatic N) is 1. The lowest BCUT2D eigenvalue weighted by Gasteiger charge is -2.23. The molecule has 0 fully saturated rings. The second-order valence-corrected chi connectivity index (χ2v) is 8.53. The standard InChI is InChI=1S/C26H27N3O6/c1-3-15(2)23(24(30)27-13-16-12-22(25(31)32)29-35-16)28-26(33)34-14-21-19-10-6-4-8-17(19)18-9-5-7-11-20(18)21/h4-12,15,21,23H,3,13-14H2,1-2H3,(H,27,30)(H,28,33)(H,31,32). The van der Waals surface area contributed by atoms with Gasteiger partial charge in [0.2, 0.25) is 5.91 Å². The number of hydrogen-bond acceptors (Lipinski definition) is 6. The lowest BCUT2D eigenvalue weighted by Crippen LogP contribution is -2.50. The van der Waals surface area contributed by atoms with E-state index < -0.39 is 24.0 Å². The van der Waals surface area contributed by atoms with Crippen LogP contribution in [-0.4, -0.2) is 40.9 Å². The monoisotopic (exact) mass is 477 g/mol. The van der Waals surface area contributed by atoms with Gasteiger partial charge in [-0.2, -0.15) is 0 Å². The molecule has 182 valence electrons. The number of alkyl carbamates (subject to hydrolysis) is 1. The number of aromatic carboxylic acids is 1. The Balaban J connectivity index is 1.38. The first-order valence-corrected chi connectivity index (χ1v) is 11.5. The number of carbonyl (C=O) groups excluding carboxylic acids is 2. The van der Waals surface area contributed by atoms with E-state index in [1.807, 2.05) is 50.2 Å². The molecular formula is C26H27N3O6. The van der Waals surface area contributed by atoms with Crippen LogP contribution in [0.2, 0.25) is 0 Å². The maximum absolute atomic E-state index is 12.8. The summed E-state index contributed by atoms with van der Waals surface area (Å²) in [5, 5.41) is 17.7. The van der Waals surface area contributed by atoms with Crippen LogP contribution in [-0.2, 0) is 16.1 Å². The molecule has 3 aromatic rings. The van der Waals surface area contributed by atoms with E-state index in [2.05, 4.69) is 27.9 Å². The average molecular weight is 478 g/mol. The highest BCUT2D eigenvalue weighted by Crippen LogP contribution is 2.44. The molecule has 1 heterocycles. The maximum Gasteiger partial charge on any atom is 0.407 e. The molecule has 2 amide bonds. The van der Waals surface area contributed by atoms with Gasteiger partial charge >= 0.3 is 12.1 Å². The third-order valence-corrected chi connectivity index (χ3v) is 6.33. The van der Waals surface area contributed by atoms with Gasteiger partial charge in [0.1, 0.15) is 12.6 Å². The lowest BCUT2D eigenvalue weighted by molar-refractivity contribution is -0.124. The maximum atomic E-state index is 12.8. The smallest absolute Gasteiger partial charge is 0.407 e. The fourth-order valence-corrected chi connectivity index (χ4v) is 4.25. The van der Waals surface area contributed by atoms with Crippen molar-refractivity contribution in [1.29, 1.82) is 0 Å². The van der Waals surface area contributed by atoms with Gasteiger partial charge in [0.25, 0.3) is 0 Å². The molecular weight excluding hydrogens is 450 g/mol. The van der Waals surface area contributed by atoms with Gasteiger partial charge in [-0.1, -0.05) is 74.0 Å². The number of hydrogen-bond donors (Lipinski definition) is 3. The molecule has 9 nitrogen and oxygen atoms in total. The summed E-state index contributed by atoms with van der Waals surface area (Å²) in [4.78, 5) is 36.5. The lowest BCUT2D eigenvalue weighted by atomic mass is 9.98. The van der Waals surface area contributed by atoms with Crippen LogP contribution in [0, 0.1) is 5.92 Å². The van der Waals surface area contributed by atoms with Gasteiger partial charge in [0, 0.05) is 12.0 Å². The molecule has 35 heavy (non-hydrogen) atoms. The number of nitrogens with one attached hydrogen (secondary N) is 2. The van der Waals surface area contributed by atoms with Crippen LogP contribution in [0.25, 0.3) is 11.1 Å². The quantitative estimate of drug-likeness (QED) is 0.425. The zero-order chi connectivity index (χ0) is 24.9. The summed E-state index contributed by atoms with van der Waals surface area (Å²) < 4.78 is 10.5. The number of fused-ring (bicyclic) bond motifs is 3. The Morgan fingerprint density at radius 1 is 1.09 bits per heavy atom. The SMILES string of the molecule is CCC(C)C(NC(=O)OCC1c2ccccc2-c2ccccc21)C(=O)NCc1cc(C(=O)O)no1. The minimum atomic E-state index is -1.22. The van der Waals surface area contributed by atoms with Gasteiger partial charge in [-0.15, -0.1) is 0 Å². The molecule has 1 aromatic heterocycles. The first-order valence-electron chi connectivity index (χ1n) is 11.5. The fourth-order valence-electron chi connectivity index (χ4n) is 4.25. The molecule has 2 aromatic carbocycles. The molecule has 9 heteroatoms. The molecule has 0 radical (unpaired) electrons. The molecule has 0 spiro atoms. The Morgan fingerprint density at radius 2 is 1.71 bits per heavy atom. The summed E-state index contributed by atoms with van der Waals surface area (Å²) in [6, 6.07) is 16.5. The number of carboxylic acids is 1. The Kier molecular flexibility index (Phi) is 7.14. The summed E-state index contributed by atoms with van der Waals surface area (Å²) in [7, 11) is 0. The third kappa shape index (κ3) is 5.18. The molecule has 0 aliphatic heterocycles. The van der Waals surface area contributed by atoms with E-state index >= 15 is 0 Å². The largest absolute Gasteiger partial charge is 0.476 e. The van der Waals surface area contributed by atoms with Crippen LogP contribution in [0.4, 0.5) is 4.79 Å². The molecule has 1 aliphatic carbocycles. The Labute approximate surface area is 202 Å². The van der Waals surface area contributed by atoms with E-state index in [9.17, 15) is 14.4 Å². The molecule has 4 rings (SSSR count). The summed E-state index contributed by atoms with van der Waals surface area (Å²) in [6.07, 6.45) is -0.0344. The van der Waals surface area contributed by atoms with Crippen LogP contribution < -0.4 is 10.6 Å². The average Bonchev–Trinajstić information content (AvgIpc) is 3.47. The topological polar surface area (TPSA) is 131 Å². The van der Waals surface area contributed by atoms with Crippen molar-refractivity contribution in [2.75, 3.05) is 6.61 Å². The Bertz CT molecular complexity index is 1190. The number of carboxylic acid groups (broad SMARTS) is 1. The predicted molar refractivity (Wildman–Crippen MR) is 127 cm³/mol. The van der Waals surface area contributed by atoms with Crippen molar-refractivity contribution in [3.8, 4) is 11.1 Å². The summed E-state index contributed by atoms with van der Waals surface area (Å²) in [5.41, 5.74) is 4.22. The van der Waals surface area contributed by atoms with E-state index in [1.165, 1.54) is 6.07 Å². The number of rotatable bonds is 9. The highest BCUT2D eigenvalue weighted by Gasteiger charge is 2.31. The van der Waals surface area contributed by atoms with Crippen LogP contribution in [0.3, 0.4) is 0 Å². The van der Waals surface area contributed by atoms with Crippen molar-refractivity contribution in [2.45, 2.75) is 38.8 Å². The molecule has 2 unspecified atom stereocenters. The fraction of sp³-hybridized carbons (Fsp3) is 0.308. The Hall–Kier alpha value is -4.14. The van der Waals surface area contributed by atoms with Crippen LogP contribution in [0.1, 0.15) is 53.6 Å². The molecule has 0 bridgehead atoms. The molecule has 0 saturated carbocycles. The van der Waals surface area contributed by atoms with Gasteiger partial charge in [-0.3, -0.25) is 4.79 Å². The zero-order valence-electron chi connectivity index (χ0n) is 19.5. The van der Waals surface area contributed by atoms with Gasteiger partial charge in [-0.25, -0.2) is 9.59 Å². The van der Waals surface area contributed by atoms with Gasteiger partial charge < -0.3 is 25.0 Å². The number of ether oxygens (including phenoxy) is 1. The minimum absolute atomic E-state index is 0.0571. The Morgan fingerprint density at radius 3 is 2.29 bits per heavy atom. The second kappa shape index (κ2) is 10.4. The first-order chi connectivity index (χ1) is 16.9. The van der Waals surface area contributed by atoms with Crippen LogP contribution in [0.15, 0.2) is 59.1 Å². The van der Waals surface area contributed by atoms with E-state index in [4.69, 9.17) is 14.4 Å². The first kappa shape index (κ1) is 24.0. The van der Waals surface area contributed by atoms with Crippen molar-refractivity contribution in [1.82, 2.24) is 15.8 Å². The van der Waals surface area contributed by atoms with E-state index in [0.717, 1.165) is 22.3 Å². The van der Waals surface area contributed by atoms with Crippen molar-refractivity contribution in [2.24, 2.45) is 5.92 Å². The number of aromatic nitrogens is 1. The normalized spacial score (nSPS) is 13.9. The van der Waals surface area contributed by atoms with Crippen LogP contribution in [0.5, 0.6) is 0 Å². The van der Waals surface area contributed by atoms with Crippen molar-refractivity contribution in [3.05, 3.63) is 77.2 Å². The van der Waals surface area contributed by atoms with E-state index in [0.29, 0.717) is 6.42 Å². The highest BCUT2D eigenvalue weighted by atomic mass is 16.5. The zero-order valence-corrected chi connectivity index (χ0v) is 19.5. The molecule has 2 atom stereocenters. The van der Waals surface area contributed by atoms with Crippen molar-refractivity contribution >= 4 is 18.0 Å². The highest BCUT2D eigenvalue weighted by molar-refractivity contribution is 5.86. The molecule has 3 N–H and O–H groups in total. The number of benzene rings is 2. The second-order valence-electron chi connectivity index (χ2n) is 8.53. The summed E-state index contributed by atoms with van der Waals surface area (Å²) in [6.45, 7) is 3.86. The van der Waals surface area contributed by atoms with Gasteiger partial charge in [0.05, 0.1) is 6.54 Å². The summed E-state index contributed by atoms with van der Waals surface area (Å²) in [5.74, 6) is -1.71. The van der Waals surface area contributed by atoms with Crippen molar-refractivity contribution in [3.63, 3.8) is 0 Å². The predicted octanol–water partition coefficient (Wildman–Crippen LogP) is 3.94. The molecule has 0 saturated heterocycles. The molecule has 1 aliphatic rings. The van der Waals surface area contributed by atoms with E-state index in [1.54, 1.807) is 0 Å². The summed E-state index contributed by atoms with van der Waals surface area (Å²) >= 11 is 0. The van der Waals surface area contributed by atoms with Gasteiger partial charge in [0.15, 0.2) is 11.5 Å². The van der Waals surface area contributed by atoms with Crippen LogP contribution >= 0.6 is 0 Å². The van der Waals surface area contributed by atoms with Crippen molar-refractivity contribution < 1.29 is 28.8 Å².